The Labute approximate surface area is 78.7 Å². The van der Waals surface area contributed by atoms with E-state index < -0.39 is 0 Å². The van der Waals surface area contributed by atoms with E-state index in [1.54, 1.807) is 0 Å². The summed E-state index contributed by atoms with van der Waals surface area (Å²) in [6, 6.07) is 10.3. The van der Waals surface area contributed by atoms with Gasteiger partial charge in [-0.05, 0) is 23.8 Å². The maximum Gasteiger partial charge on any atom is 0.0465 e. The van der Waals surface area contributed by atoms with Gasteiger partial charge in [-0.1, -0.05) is 42.5 Å². The molecule has 0 spiro atoms. The normalized spacial score (nSPS) is 26.5. The topological polar surface area (TPSA) is 20.2 Å². The molecule has 0 aromatic heterocycles. The van der Waals surface area contributed by atoms with Crippen LogP contribution < -0.4 is 0 Å². The molecule has 1 nitrogen and oxygen atoms in total. The number of allylic oxidation sites excluding steroid dienone is 1. The van der Waals surface area contributed by atoms with Crippen LogP contribution in [0.15, 0.2) is 36.4 Å². The van der Waals surface area contributed by atoms with Gasteiger partial charge in [-0.2, -0.15) is 0 Å². The predicted octanol–water partition coefficient (Wildman–Crippen LogP) is 2.33. The largest absolute Gasteiger partial charge is 0.396 e. The molecule has 0 radical (unpaired) electrons. The molecule has 68 valence electrons. The van der Waals surface area contributed by atoms with Gasteiger partial charge in [0.15, 0.2) is 0 Å². The molecule has 1 fully saturated rings. The number of hydrogen-bond donors (Lipinski definition) is 1. The zero-order valence-electron chi connectivity index (χ0n) is 7.56. The summed E-state index contributed by atoms with van der Waals surface area (Å²) in [6.07, 6.45) is 5.50. The minimum atomic E-state index is 0.337. The monoisotopic (exact) mass is 174 g/mol. The van der Waals surface area contributed by atoms with Gasteiger partial charge in [0, 0.05) is 6.61 Å². The smallest absolute Gasteiger partial charge is 0.0465 e. The van der Waals surface area contributed by atoms with Crippen molar-refractivity contribution in [3.8, 4) is 0 Å². The molecule has 1 aliphatic carbocycles. The molecule has 13 heavy (non-hydrogen) atoms. The molecule has 1 aromatic rings. The van der Waals surface area contributed by atoms with E-state index in [-0.39, 0.29) is 0 Å². The van der Waals surface area contributed by atoms with Crippen LogP contribution in [0.25, 0.3) is 6.08 Å². The molecule has 1 aromatic carbocycles. The highest BCUT2D eigenvalue weighted by atomic mass is 16.3. The summed E-state index contributed by atoms with van der Waals surface area (Å²) < 4.78 is 0. The average Bonchev–Trinajstić information content (AvgIpc) is 2.95. The summed E-state index contributed by atoms with van der Waals surface area (Å²) in [6.45, 7) is 0.337. The van der Waals surface area contributed by atoms with E-state index >= 15 is 0 Å². The quantitative estimate of drug-likeness (QED) is 0.745. The van der Waals surface area contributed by atoms with E-state index in [1.807, 2.05) is 18.2 Å². The van der Waals surface area contributed by atoms with Crippen molar-refractivity contribution < 1.29 is 5.11 Å². The number of aliphatic hydroxyl groups excluding tert-OH is 1. The van der Waals surface area contributed by atoms with Crippen LogP contribution in [0.5, 0.6) is 0 Å². The lowest BCUT2D eigenvalue weighted by Gasteiger charge is -1.90. The second-order valence-corrected chi connectivity index (χ2v) is 3.61. The van der Waals surface area contributed by atoms with Crippen LogP contribution in [0.4, 0.5) is 0 Å². The van der Waals surface area contributed by atoms with Crippen molar-refractivity contribution in [1.82, 2.24) is 0 Å². The fourth-order valence-corrected chi connectivity index (χ4v) is 1.52. The molecule has 0 bridgehead atoms. The first-order valence-electron chi connectivity index (χ1n) is 4.74. The van der Waals surface area contributed by atoms with Crippen LogP contribution in [0, 0.1) is 11.8 Å². The van der Waals surface area contributed by atoms with Crippen LogP contribution in [0.2, 0.25) is 0 Å². The van der Waals surface area contributed by atoms with E-state index in [4.69, 9.17) is 5.11 Å². The van der Waals surface area contributed by atoms with Gasteiger partial charge in [-0.25, -0.2) is 0 Å². The minimum absolute atomic E-state index is 0.337. The Morgan fingerprint density at radius 3 is 2.69 bits per heavy atom. The lowest BCUT2D eigenvalue weighted by molar-refractivity contribution is 0.272. The van der Waals surface area contributed by atoms with Crippen LogP contribution in [-0.4, -0.2) is 11.7 Å². The van der Waals surface area contributed by atoms with Crippen LogP contribution in [-0.2, 0) is 0 Å². The second-order valence-electron chi connectivity index (χ2n) is 3.61. The van der Waals surface area contributed by atoms with Crippen molar-refractivity contribution in [2.24, 2.45) is 11.8 Å². The highest BCUT2D eigenvalue weighted by Crippen LogP contribution is 2.39. The summed E-state index contributed by atoms with van der Waals surface area (Å²) in [5.41, 5.74) is 1.24. The number of hydrogen-bond acceptors (Lipinski definition) is 1. The van der Waals surface area contributed by atoms with Crippen molar-refractivity contribution in [1.29, 1.82) is 0 Å². The molecule has 0 heterocycles. The van der Waals surface area contributed by atoms with Gasteiger partial charge in [-0.15, -0.1) is 0 Å². The van der Waals surface area contributed by atoms with E-state index in [2.05, 4.69) is 24.3 Å². The first-order valence-corrected chi connectivity index (χ1v) is 4.74. The fraction of sp³-hybridized carbons (Fsp3) is 0.333. The molecule has 2 atom stereocenters. The van der Waals surface area contributed by atoms with E-state index in [0.717, 1.165) is 6.42 Å². The maximum atomic E-state index is 8.84. The van der Waals surface area contributed by atoms with Gasteiger partial charge in [0.1, 0.15) is 0 Å². The second kappa shape index (κ2) is 3.75. The van der Waals surface area contributed by atoms with Gasteiger partial charge in [-0.3, -0.25) is 0 Å². The Hall–Kier alpha value is -1.08. The minimum Gasteiger partial charge on any atom is -0.396 e. The highest BCUT2D eigenvalue weighted by molar-refractivity contribution is 5.49. The van der Waals surface area contributed by atoms with E-state index in [1.165, 1.54) is 5.56 Å². The van der Waals surface area contributed by atoms with Crippen molar-refractivity contribution in [2.75, 3.05) is 6.61 Å². The third-order valence-corrected chi connectivity index (χ3v) is 2.55. The summed E-state index contributed by atoms with van der Waals surface area (Å²) in [7, 11) is 0. The summed E-state index contributed by atoms with van der Waals surface area (Å²) in [5, 5.41) is 8.84. The molecule has 2 rings (SSSR count). The molecule has 0 saturated heterocycles. The Balaban J connectivity index is 1.92. The number of benzene rings is 1. The molecule has 1 saturated carbocycles. The van der Waals surface area contributed by atoms with Gasteiger partial charge >= 0.3 is 0 Å². The molecule has 1 aliphatic rings. The van der Waals surface area contributed by atoms with E-state index in [0.29, 0.717) is 18.4 Å². The molecule has 1 N–H and O–H groups in total. The van der Waals surface area contributed by atoms with Crippen molar-refractivity contribution >= 4 is 6.08 Å². The Kier molecular flexibility index (Phi) is 2.46. The summed E-state index contributed by atoms with van der Waals surface area (Å²) in [5.74, 6) is 1.14. The first kappa shape index (κ1) is 8.52. The van der Waals surface area contributed by atoms with Crippen molar-refractivity contribution in [3.05, 3.63) is 42.0 Å². The Morgan fingerprint density at radius 2 is 2.08 bits per heavy atom. The van der Waals surface area contributed by atoms with Crippen molar-refractivity contribution in [2.45, 2.75) is 6.42 Å². The third-order valence-electron chi connectivity index (χ3n) is 2.55. The van der Waals surface area contributed by atoms with E-state index in [9.17, 15) is 0 Å². The maximum absolute atomic E-state index is 8.84. The SMILES string of the molecule is OC[C@H]1C[C@H]1/C=C/c1ccccc1. The van der Waals surface area contributed by atoms with Gasteiger partial charge in [0.2, 0.25) is 0 Å². The van der Waals surface area contributed by atoms with Gasteiger partial charge in [0.25, 0.3) is 0 Å². The molecular formula is C12H14O. The van der Waals surface area contributed by atoms with Crippen LogP contribution in [0.1, 0.15) is 12.0 Å². The summed E-state index contributed by atoms with van der Waals surface area (Å²) in [4.78, 5) is 0. The molecule has 0 aliphatic heterocycles. The predicted molar refractivity (Wildman–Crippen MR) is 54.2 cm³/mol. The summed E-state index contributed by atoms with van der Waals surface area (Å²) >= 11 is 0. The molecule has 1 heteroatoms. The number of rotatable bonds is 3. The first-order chi connectivity index (χ1) is 6.40. The Bertz CT molecular complexity index is 289. The van der Waals surface area contributed by atoms with Gasteiger partial charge < -0.3 is 5.11 Å². The molecule has 0 amide bonds. The van der Waals surface area contributed by atoms with Gasteiger partial charge in [0.05, 0.1) is 0 Å². The number of aliphatic hydroxyl groups is 1. The molecule has 0 unspecified atom stereocenters. The standard InChI is InChI=1S/C12H14O/c13-9-12-8-11(12)7-6-10-4-2-1-3-5-10/h1-7,11-13H,8-9H2/b7-6+/t11-,12-/m1/s1. The highest BCUT2D eigenvalue weighted by Gasteiger charge is 2.33. The van der Waals surface area contributed by atoms with Crippen molar-refractivity contribution in [3.63, 3.8) is 0 Å². The zero-order valence-corrected chi connectivity index (χ0v) is 7.56. The average molecular weight is 174 g/mol. The van der Waals surface area contributed by atoms with Crippen LogP contribution in [0.3, 0.4) is 0 Å². The molecular weight excluding hydrogens is 160 g/mol. The Morgan fingerprint density at radius 1 is 1.31 bits per heavy atom. The zero-order chi connectivity index (χ0) is 9.10. The van der Waals surface area contributed by atoms with Crippen LogP contribution >= 0.6 is 0 Å². The third kappa shape index (κ3) is 2.19. The lowest BCUT2D eigenvalue weighted by Crippen LogP contribution is -1.85. The lowest BCUT2D eigenvalue weighted by atomic mass is 10.2. The fourth-order valence-electron chi connectivity index (χ4n) is 1.52.